The van der Waals surface area contributed by atoms with Crippen molar-refractivity contribution in [3.05, 3.63) is 136 Å². The van der Waals surface area contributed by atoms with Gasteiger partial charge in [-0.25, -0.2) is 12.8 Å². The molecule has 0 aromatic heterocycles. The van der Waals surface area contributed by atoms with Gasteiger partial charge in [0.15, 0.2) is 0 Å². The number of nitro benzene ring substituents is 1. The van der Waals surface area contributed by atoms with Crippen LogP contribution in [-0.2, 0) is 32.6 Å². The number of nitro groups is 1. The summed E-state index contributed by atoms with van der Waals surface area (Å²) in [5.41, 5.74) is -0.0972. The van der Waals surface area contributed by atoms with Crippen molar-refractivity contribution >= 4 is 33.2 Å². The number of sulfonamides is 1. The van der Waals surface area contributed by atoms with Crippen molar-refractivity contribution in [2.45, 2.75) is 50.2 Å². The van der Waals surface area contributed by atoms with Crippen molar-refractivity contribution in [3.8, 4) is 0 Å². The van der Waals surface area contributed by atoms with E-state index >= 15 is 4.39 Å². The molecule has 4 rings (SSSR count). The number of rotatable bonds is 12. The van der Waals surface area contributed by atoms with Gasteiger partial charge in [-0.15, -0.1) is 0 Å². The van der Waals surface area contributed by atoms with Crippen LogP contribution in [-0.4, -0.2) is 48.2 Å². The number of benzene rings is 4. The van der Waals surface area contributed by atoms with Crippen LogP contribution in [0.15, 0.2) is 114 Å². The predicted octanol–water partition coefficient (Wildman–Crippen LogP) is 5.48. The molecule has 4 aromatic carbocycles. The monoisotopic (exact) mass is 646 g/mol. The third-order valence-electron chi connectivity index (χ3n) is 7.03. The van der Waals surface area contributed by atoms with Crippen molar-refractivity contribution in [2.24, 2.45) is 0 Å². The van der Waals surface area contributed by atoms with Crippen LogP contribution in [0.1, 0.15) is 31.9 Å². The van der Waals surface area contributed by atoms with Gasteiger partial charge in [-0.1, -0.05) is 66.7 Å². The Bertz CT molecular complexity index is 1780. The standard InChI is InChI=1S/C34H35FN4O6S/c1-34(2,3)36-33(41)31(22-25-12-6-4-7-13-25)37(23-26-14-10-11-17-30(26)35)32(40)24-38(27-18-20-28(21-19-27)39(42)43)46(44,45)29-15-8-5-9-16-29/h4-21,31H,22-24H2,1-3H3,(H,36,41). The Morgan fingerprint density at radius 2 is 1.43 bits per heavy atom. The largest absolute Gasteiger partial charge is 0.350 e. The minimum atomic E-state index is -4.39. The van der Waals surface area contributed by atoms with Gasteiger partial charge in [0.2, 0.25) is 11.8 Å². The van der Waals surface area contributed by atoms with Gasteiger partial charge in [0.25, 0.3) is 15.7 Å². The molecule has 0 aliphatic rings. The number of carbonyl (C=O) groups is 2. The van der Waals surface area contributed by atoms with Crippen molar-refractivity contribution in [3.63, 3.8) is 0 Å². The molecule has 1 unspecified atom stereocenters. The summed E-state index contributed by atoms with van der Waals surface area (Å²) in [7, 11) is -4.39. The van der Waals surface area contributed by atoms with E-state index in [0.717, 1.165) is 22.0 Å². The van der Waals surface area contributed by atoms with Gasteiger partial charge in [-0.05, 0) is 56.7 Å². The molecule has 10 nitrogen and oxygen atoms in total. The first kappa shape index (κ1) is 33.8. The molecule has 1 N–H and O–H groups in total. The maximum absolute atomic E-state index is 15.0. The van der Waals surface area contributed by atoms with E-state index in [-0.39, 0.29) is 34.8 Å². The molecule has 0 saturated carbocycles. The molecular weight excluding hydrogens is 611 g/mol. The SMILES string of the molecule is CC(C)(C)NC(=O)C(Cc1ccccc1)N(Cc1ccccc1F)C(=O)CN(c1ccc([N+](=O)[O-])cc1)S(=O)(=O)c1ccccc1. The van der Waals surface area contributed by atoms with Gasteiger partial charge in [-0.2, -0.15) is 0 Å². The number of anilines is 1. The van der Waals surface area contributed by atoms with Gasteiger partial charge in [-0.3, -0.25) is 24.0 Å². The summed E-state index contributed by atoms with van der Waals surface area (Å²) in [5, 5.41) is 14.2. The van der Waals surface area contributed by atoms with E-state index in [4.69, 9.17) is 0 Å². The highest BCUT2D eigenvalue weighted by molar-refractivity contribution is 7.92. The van der Waals surface area contributed by atoms with Crippen LogP contribution in [0.4, 0.5) is 15.8 Å². The van der Waals surface area contributed by atoms with Crippen LogP contribution in [0.2, 0.25) is 0 Å². The molecule has 1 atom stereocenters. The molecule has 0 saturated heterocycles. The van der Waals surface area contributed by atoms with E-state index in [0.29, 0.717) is 0 Å². The fourth-order valence-corrected chi connectivity index (χ4v) is 6.24. The summed E-state index contributed by atoms with van der Waals surface area (Å²) >= 11 is 0. The van der Waals surface area contributed by atoms with Gasteiger partial charge >= 0.3 is 0 Å². The smallest absolute Gasteiger partial charge is 0.269 e. The van der Waals surface area contributed by atoms with E-state index in [1.165, 1.54) is 59.5 Å². The zero-order valence-corrected chi connectivity index (χ0v) is 26.5. The highest BCUT2D eigenvalue weighted by Gasteiger charge is 2.36. The Kier molecular flexibility index (Phi) is 10.5. The highest BCUT2D eigenvalue weighted by atomic mass is 32.2. The third-order valence-corrected chi connectivity index (χ3v) is 8.81. The summed E-state index contributed by atoms with van der Waals surface area (Å²) in [6, 6.07) is 25.8. The first-order valence-electron chi connectivity index (χ1n) is 14.5. The van der Waals surface area contributed by atoms with E-state index < -0.39 is 50.7 Å². The summed E-state index contributed by atoms with van der Waals surface area (Å²) in [6.07, 6.45) is 0.0614. The van der Waals surface area contributed by atoms with Crippen LogP contribution < -0.4 is 9.62 Å². The first-order valence-corrected chi connectivity index (χ1v) is 15.9. The lowest BCUT2D eigenvalue weighted by Gasteiger charge is -2.35. The molecule has 0 spiro atoms. The van der Waals surface area contributed by atoms with Gasteiger partial charge in [0.1, 0.15) is 18.4 Å². The fourth-order valence-electron chi connectivity index (χ4n) is 4.81. The van der Waals surface area contributed by atoms with Gasteiger partial charge in [0.05, 0.1) is 15.5 Å². The number of carbonyl (C=O) groups excluding carboxylic acids is 2. The number of hydrogen-bond donors (Lipinski definition) is 1. The molecule has 240 valence electrons. The summed E-state index contributed by atoms with van der Waals surface area (Å²) in [5.74, 6) is -1.89. The summed E-state index contributed by atoms with van der Waals surface area (Å²) in [6.45, 7) is 4.25. The quantitative estimate of drug-likeness (QED) is 0.160. The van der Waals surface area contributed by atoms with Crippen LogP contribution in [0.3, 0.4) is 0 Å². The number of hydrogen-bond acceptors (Lipinski definition) is 6. The van der Waals surface area contributed by atoms with Crippen molar-refractivity contribution < 1.29 is 27.3 Å². The highest BCUT2D eigenvalue weighted by Crippen LogP contribution is 2.27. The second kappa shape index (κ2) is 14.3. The third kappa shape index (κ3) is 8.54. The Morgan fingerprint density at radius 3 is 2.00 bits per heavy atom. The number of amides is 2. The maximum Gasteiger partial charge on any atom is 0.269 e. The maximum atomic E-state index is 15.0. The van der Waals surface area contributed by atoms with E-state index in [1.807, 2.05) is 6.07 Å². The predicted molar refractivity (Wildman–Crippen MR) is 173 cm³/mol. The van der Waals surface area contributed by atoms with Crippen LogP contribution in [0.5, 0.6) is 0 Å². The molecule has 0 radical (unpaired) electrons. The normalized spacial score (nSPS) is 12.2. The molecule has 0 aliphatic heterocycles. The van der Waals surface area contributed by atoms with Crippen LogP contribution >= 0.6 is 0 Å². The van der Waals surface area contributed by atoms with Gasteiger partial charge in [0, 0.05) is 36.2 Å². The molecular formula is C34H35FN4O6S. The fraction of sp³-hybridized carbons (Fsp3) is 0.235. The lowest BCUT2D eigenvalue weighted by molar-refractivity contribution is -0.384. The Balaban J connectivity index is 1.83. The number of halogens is 1. The zero-order valence-electron chi connectivity index (χ0n) is 25.7. The first-order chi connectivity index (χ1) is 21.8. The van der Waals surface area contributed by atoms with Crippen molar-refractivity contribution in [2.75, 3.05) is 10.8 Å². The molecule has 0 fully saturated rings. The Hall–Kier alpha value is -5.10. The summed E-state index contributed by atoms with van der Waals surface area (Å²) < 4.78 is 43.8. The molecule has 0 aliphatic carbocycles. The Labute approximate surface area is 267 Å². The average Bonchev–Trinajstić information content (AvgIpc) is 3.02. The molecule has 0 heterocycles. The topological polar surface area (TPSA) is 130 Å². The average molecular weight is 647 g/mol. The molecule has 12 heteroatoms. The van der Waals surface area contributed by atoms with Crippen LogP contribution in [0.25, 0.3) is 0 Å². The van der Waals surface area contributed by atoms with Crippen molar-refractivity contribution in [1.29, 1.82) is 0 Å². The molecule has 0 bridgehead atoms. The van der Waals surface area contributed by atoms with E-state index in [1.54, 1.807) is 57.2 Å². The summed E-state index contributed by atoms with van der Waals surface area (Å²) in [4.78, 5) is 40.0. The minimum Gasteiger partial charge on any atom is -0.350 e. The van der Waals surface area contributed by atoms with Gasteiger partial charge < -0.3 is 10.2 Å². The van der Waals surface area contributed by atoms with E-state index in [9.17, 15) is 28.1 Å². The van der Waals surface area contributed by atoms with E-state index in [2.05, 4.69) is 5.32 Å². The zero-order chi connectivity index (χ0) is 33.5. The lowest BCUT2D eigenvalue weighted by Crippen LogP contribution is -2.56. The number of non-ortho nitro benzene ring substituents is 1. The second-order valence-corrected chi connectivity index (χ2v) is 13.5. The van der Waals surface area contributed by atoms with Crippen LogP contribution in [0, 0.1) is 15.9 Å². The lowest BCUT2D eigenvalue weighted by atomic mass is 10.0. The molecule has 2 amide bonds. The number of nitrogens with zero attached hydrogens (tertiary/aromatic N) is 3. The Morgan fingerprint density at radius 1 is 0.870 bits per heavy atom. The molecule has 4 aromatic rings. The number of nitrogens with one attached hydrogen (secondary N) is 1. The minimum absolute atomic E-state index is 0.00704. The molecule has 46 heavy (non-hydrogen) atoms. The second-order valence-electron chi connectivity index (χ2n) is 11.7. The van der Waals surface area contributed by atoms with Crippen molar-refractivity contribution in [1.82, 2.24) is 10.2 Å².